The van der Waals surface area contributed by atoms with Gasteiger partial charge in [-0.3, -0.25) is 15.1 Å². The van der Waals surface area contributed by atoms with Gasteiger partial charge >= 0.3 is 0 Å². The number of nitrogens with zero attached hydrogens (tertiary/aromatic N) is 1. The summed E-state index contributed by atoms with van der Waals surface area (Å²) in [6.07, 6.45) is 2.70. The second-order valence-corrected chi connectivity index (χ2v) is 7.75. The summed E-state index contributed by atoms with van der Waals surface area (Å²) in [5.41, 5.74) is 3.36. The number of hydrogen-bond acceptors (Lipinski definition) is 5. The van der Waals surface area contributed by atoms with Crippen LogP contribution in [-0.2, 0) is 6.42 Å². The number of rotatable bonds is 8. The van der Waals surface area contributed by atoms with E-state index in [1.807, 2.05) is 24.4 Å². The molecule has 8 nitrogen and oxygen atoms in total. The van der Waals surface area contributed by atoms with Gasteiger partial charge < -0.3 is 24.5 Å². The van der Waals surface area contributed by atoms with Gasteiger partial charge in [0.15, 0.2) is 0 Å². The van der Waals surface area contributed by atoms with E-state index < -0.39 is 0 Å². The van der Waals surface area contributed by atoms with E-state index >= 15 is 0 Å². The Morgan fingerprint density at radius 1 is 0.886 bits per heavy atom. The van der Waals surface area contributed by atoms with E-state index in [-0.39, 0.29) is 5.91 Å². The lowest BCUT2D eigenvalue weighted by Crippen LogP contribution is -2.36. The van der Waals surface area contributed by atoms with Gasteiger partial charge in [-0.15, -0.1) is 0 Å². The Kier molecular flexibility index (Phi) is 7.52. The van der Waals surface area contributed by atoms with E-state index in [1.165, 1.54) is 0 Å². The zero-order chi connectivity index (χ0) is 24.6. The number of H-pyrrole nitrogens is 1. The van der Waals surface area contributed by atoms with E-state index in [0.29, 0.717) is 47.4 Å². The van der Waals surface area contributed by atoms with Crippen molar-refractivity contribution >= 4 is 28.5 Å². The van der Waals surface area contributed by atoms with Crippen LogP contribution >= 0.6 is 0 Å². The van der Waals surface area contributed by atoms with Crippen molar-refractivity contribution in [2.75, 3.05) is 33.2 Å². The maximum absolute atomic E-state index is 13.0. The third-order valence-electron chi connectivity index (χ3n) is 5.50. The number of fused-ring (bicyclic) bond motifs is 1. The predicted molar refractivity (Wildman–Crippen MR) is 138 cm³/mol. The molecule has 4 rings (SSSR count). The number of aromatic amines is 1. The Balaban J connectivity index is 1.57. The third-order valence-corrected chi connectivity index (χ3v) is 5.50. The highest BCUT2D eigenvalue weighted by atomic mass is 16.5. The largest absolute Gasteiger partial charge is 0.497 e. The number of anilines is 1. The first-order valence-electron chi connectivity index (χ1n) is 11.1. The second-order valence-electron chi connectivity index (χ2n) is 7.75. The van der Waals surface area contributed by atoms with Crippen molar-refractivity contribution in [2.45, 2.75) is 6.42 Å². The van der Waals surface area contributed by atoms with Crippen LogP contribution in [0.2, 0.25) is 0 Å². The molecule has 3 N–H and O–H groups in total. The summed E-state index contributed by atoms with van der Waals surface area (Å²) in [5.74, 6) is 1.83. The van der Waals surface area contributed by atoms with E-state index in [1.54, 1.807) is 63.8 Å². The smallest absolute Gasteiger partial charge is 0.258 e. The van der Waals surface area contributed by atoms with Crippen LogP contribution in [0.5, 0.6) is 17.2 Å². The molecule has 0 aliphatic rings. The van der Waals surface area contributed by atoms with Gasteiger partial charge in [0.2, 0.25) is 5.96 Å². The molecule has 0 saturated carbocycles. The standard InChI is InChI=1S/C27H28N4O4/c1-33-21-8-6-7-18(13-21)26(32)31-27(30-20-14-22(34-2)16-23(15-20)35-3)28-12-11-19-17-29-25-10-5-4-9-24(19)25/h4-10,13-17,29H,11-12H2,1-3H3,(H2,28,30,31,32). The molecule has 0 bridgehead atoms. The highest BCUT2D eigenvalue weighted by molar-refractivity contribution is 6.10. The number of hydrogen-bond donors (Lipinski definition) is 3. The molecule has 35 heavy (non-hydrogen) atoms. The number of amides is 1. The molecule has 1 heterocycles. The molecule has 0 atom stereocenters. The fourth-order valence-electron chi connectivity index (χ4n) is 3.70. The minimum Gasteiger partial charge on any atom is -0.497 e. The van der Waals surface area contributed by atoms with E-state index in [4.69, 9.17) is 14.2 Å². The Labute approximate surface area is 203 Å². The zero-order valence-electron chi connectivity index (χ0n) is 19.9. The quantitative estimate of drug-likeness (QED) is 0.257. The van der Waals surface area contributed by atoms with Crippen LogP contribution in [0.15, 0.2) is 77.9 Å². The molecule has 1 aromatic heterocycles. The molecule has 1 amide bonds. The number of methoxy groups -OCH3 is 3. The van der Waals surface area contributed by atoms with Crippen LogP contribution in [0.1, 0.15) is 15.9 Å². The van der Waals surface area contributed by atoms with Crippen molar-refractivity contribution in [3.05, 3.63) is 84.1 Å². The lowest BCUT2D eigenvalue weighted by molar-refractivity contribution is 0.0976. The zero-order valence-corrected chi connectivity index (χ0v) is 19.9. The van der Waals surface area contributed by atoms with Gasteiger partial charge in [-0.2, -0.15) is 0 Å². The molecule has 0 fully saturated rings. The fraction of sp³-hybridized carbons (Fsp3) is 0.185. The van der Waals surface area contributed by atoms with E-state index in [0.717, 1.165) is 16.5 Å². The summed E-state index contributed by atoms with van der Waals surface area (Å²) in [7, 11) is 4.73. The first-order valence-corrected chi connectivity index (χ1v) is 11.1. The average Bonchev–Trinajstić information content (AvgIpc) is 3.31. The molecular weight excluding hydrogens is 444 g/mol. The van der Waals surface area contributed by atoms with Crippen LogP contribution in [0.25, 0.3) is 10.9 Å². The normalized spacial score (nSPS) is 11.2. The van der Waals surface area contributed by atoms with Crippen LogP contribution < -0.4 is 24.8 Å². The maximum Gasteiger partial charge on any atom is 0.258 e. The lowest BCUT2D eigenvalue weighted by Gasteiger charge is -2.14. The molecule has 0 spiro atoms. The average molecular weight is 473 g/mol. The number of ether oxygens (including phenoxy) is 3. The third kappa shape index (κ3) is 5.92. The molecule has 4 aromatic rings. The number of guanidine groups is 1. The highest BCUT2D eigenvalue weighted by Crippen LogP contribution is 2.26. The number of carbonyl (C=O) groups excluding carboxylic acids is 1. The van der Waals surface area contributed by atoms with Crippen LogP contribution in [0.4, 0.5) is 5.69 Å². The highest BCUT2D eigenvalue weighted by Gasteiger charge is 2.12. The molecule has 0 aliphatic heterocycles. The maximum atomic E-state index is 13.0. The number of para-hydroxylation sites is 1. The van der Waals surface area contributed by atoms with Crippen molar-refractivity contribution in [2.24, 2.45) is 4.99 Å². The van der Waals surface area contributed by atoms with Gasteiger partial charge in [-0.05, 0) is 36.2 Å². The van der Waals surface area contributed by atoms with Crippen molar-refractivity contribution in [1.29, 1.82) is 0 Å². The SMILES string of the molecule is COc1cc(NC(=NCCc2c[nH]c3ccccc23)NC(=O)c2cccc(OC)c2)cc(OC)c1. The minimum absolute atomic E-state index is 0.308. The fourth-order valence-corrected chi connectivity index (χ4v) is 3.70. The van der Waals surface area contributed by atoms with Gasteiger partial charge in [0, 0.05) is 53.1 Å². The minimum atomic E-state index is -0.308. The number of nitrogens with one attached hydrogen (secondary N) is 3. The summed E-state index contributed by atoms with van der Waals surface area (Å²) in [5, 5.41) is 7.24. The van der Waals surface area contributed by atoms with Crippen molar-refractivity contribution in [3.8, 4) is 17.2 Å². The number of carbonyl (C=O) groups is 1. The summed E-state index contributed by atoms with van der Waals surface area (Å²) in [6.45, 7) is 0.462. The van der Waals surface area contributed by atoms with Crippen molar-refractivity contribution in [1.82, 2.24) is 10.3 Å². The number of benzene rings is 3. The molecular formula is C27H28N4O4. The summed E-state index contributed by atoms with van der Waals surface area (Å²) < 4.78 is 16.0. The number of aliphatic imine (C=N–C) groups is 1. The second kappa shape index (κ2) is 11.1. The predicted octanol–water partition coefficient (Wildman–Crippen LogP) is 4.63. The molecule has 8 heteroatoms. The van der Waals surface area contributed by atoms with Crippen molar-refractivity contribution < 1.29 is 19.0 Å². The number of aromatic nitrogens is 1. The first kappa shape index (κ1) is 23.7. The molecule has 0 unspecified atom stereocenters. The Hall–Kier alpha value is -4.46. The topological polar surface area (TPSA) is 97.0 Å². The lowest BCUT2D eigenvalue weighted by atomic mass is 10.1. The first-order chi connectivity index (χ1) is 17.1. The molecule has 3 aromatic carbocycles. The summed E-state index contributed by atoms with van der Waals surface area (Å²) >= 11 is 0. The van der Waals surface area contributed by atoms with Gasteiger partial charge in [0.25, 0.3) is 5.91 Å². The van der Waals surface area contributed by atoms with Gasteiger partial charge in [-0.1, -0.05) is 24.3 Å². The van der Waals surface area contributed by atoms with E-state index in [2.05, 4.69) is 26.7 Å². The van der Waals surface area contributed by atoms with Crippen molar-refractivity contribution in [3.63, 3.8) is 0 Å². The van der Waals surface area contributed by atoms with Gasteiger partial charge in [0.1, 0.15) is 17.2 Å². The van der Waals surface area contributed by atoms with Crippen LogP contribution in [0.3, 0.4) is 0 Å². The molecule has 180 valence electrons. The molecule has 0 radical (unpaired) electrons. The van der Waals surface area contributed by atoms with E-state index in [9.17, 15) is 4.79 Å². The summed E-state index contributed by atoms with van der Waals surface area (Å²) in [6, 6.07) is 20.5. The Morgan fingerprint density at radius 2 is 1.63 bits per heavy atom. The Morgan fingerprint density at radius 3 is 2.37 bits per heavy atom. The Bertz CT molecular complexity index is 1320. The molecule has 0 aliphatic carbocycles. The molecule has 0 saturated heterocycles. The van der Waals surface area contributed by atoms with Gasteiger partial charge in [0.05, 0.1) is 21.3 Å². The van der Waals surface area contributed by atoms with Crippen LogP contribution in [0, 0.1) is 0 Å². The van der Waals surface area contributed by atoms with Gasteiger partial charge in [-0.25, -0.2) is 0 Å². The summed E-state index contributed by atoms with van der Waals surface area (Å²) in [4.78, 5) is 20.9. The van der Waals surface area contributed by atoms with Crippen LogP contribution in [-0.4, -0.2) is 44.7 Å². The monoisotopic (exact) mass is 472 g/mol.